The van der Waals surface area contributed by atoms with Crippen LogP contribution in [0, 0.1) is 20.8 Å². The summed E-state index contributed by atoms with van der Waals surface area (Å²) in [6, 6.07) is 9.12. The van der Waals surface area contributed by atoms with Crippen molar-refractivity contribution < 1.29 is 14.3 Å². The van der Waals surface area contributed by atoms with Gasteiger partial charge in [0.25, 0.3) is 0 Å². The van der Waals surface area contributed by atoms with Gasteiger partial charge in [-0.1, -0.05) is 23.8 Å². The number of benzene rings is 1. The van der Waals surface area contributed by atoms with Gasteiger partial charge in [-0.2, -0.15) is 0 Å². The van der Waals surface area contributed by atoms with Gasteiger partial charge in [0.2, 0.25) is 0 Å². The maximum Gasteiger partial charge on any atom is 0.325 e. The van der Waals surface area contributed by atoms with Gasteiger partial charge in [0.1, 0.15) is 6.54 Å². The first-order valence-electron chi connectivity index (χ1n) is 8.60. The Morgan fingerprint density at radius 1 is 1.15 bits per heavy atom. The molecule has 0 saturated carbocycles. The summed E-state index contributed by atoms with van der Waals surface area (Å²) >= 11 is 0. The van der Waals surface area contributed by atoms with Gasteiger partial charge < -0.3 is 15.0 Å². The molecule has 1 aromatic heterocycles. The second-order valence-corrected chi connectivity index (χ2v) is 6.19. The molecule has 0 aliphatic rings. The average Bonchev–Trinajstić information content (AvgIpc) is 2.58. The molecule has 0 bridgehead atoms. The molecular formula is C20H25N3O3. The van der Waals surface area contributed by atoms with E-state index in [4.69, 9.17) is 4.74 Å². The number of carbonyl (C=O) groups excluding carboxylic acids is 2. The number of aromatic nitrogens is 1. The second-order valence-electron chi connectivity index (χ2n) is 6.19. The van der Waals surface area contributed by atoms with Crippen LogP contribution >= 0.6 is 0 Å². The van der Waals surface area contributed by atoms with E-state index in [-0.39, 0.29) is 25.7 Å². The Morgan fingerprint density at radius 2 is 1.85 bits per heavy atom. The van der Waals surface area contributed by atoms with E-state index in [1.807, 2.05) is 45.0 Å². The number of carbonyl (C=O) groups is 2. The number of ether oxygens (including phenoxy) is 1. The first-order chi connectivity index (χ1) is 12.4. The van der Waals surface area contributed by atoms with E-state index in [0.717, 1.165) is 22.4 Å². The van der Waals surface area contributed by atoms with Gasteiger partial charge in [0, 0.05) is 11.9 Å². The predicted octanol–water partition coefficient (Wildman–Crippen LogP) is 3.60. The SMILES string of the molecule is CCOC(=O)CN(Cc1ccccn1)C(=O)Nc1c(C)cc(C)cc1C. The molecule has 6 heteroatoms. The fourth-order valence-corrected chi connectivity index (χ4v) is 2.81. The molecule has 0 atom stereocenters. The highest BCUT2D eigenvalue weighted by molar-refractivity contribution is 5.93. The zero-order chi connectivity index (χ0) is 19.1. The second kappa shape index (κ2) is 8.99. The van der Waals surface area contributed by atoms with Crippen molar-refractivity contribution in [2.45, 2.75) is 34.2 Å². The number of hydrogen-bond acceptors (Lipinski definition) is 4. The van der Waals surface area contributed by atoms with Crippen LogP contribution in [-0.2, 0) is 16.1 Å². The molecule has 1 N–H and O–H groups in total. The predicted molar refractivity (Wildman–Crippen MR) is 101 cm³/mol. The summed E-state index contributed by atoms with van der Waals surface area (Å²) in [5.74, 6) is -0.448. The zero-order valence-corrected chi connectivity index (χ0v) is 15.7. The number of pyridine rings is 1. The van der Waals surface area contributed by atoms with Crippen molar-refractivity contribution >= 4 is 17.7 Å². The van der Waals surface area contributed by atoms with Crippen LogP contribution in [0.1, 0.15) is 29.3 Å². The van der Waals surface area contributed by atoms with E-state index in [0.29, 0.717) is 5.69 Å². The lowest BCUT2D eigenvalue weighted by molar-refractivity contribution is -0.143. The molecule has 0 fully saturated rings. The third-order valence-corrected chi connectivity index (χ3v) is 3.90. The Kier molecular flexibility index (Phi) is 6.72. The van der Waals surface area contributed by atoms with Gasteiger partial charge in [-0.3, -0.25) is 9.78 Å². The van der Waals surface area contributed by atoms with Gasteiger partial charge in [-0.15, -0.1) is 0 Å². The molecule has 0 saturated heterocycles. The molecule has 26 heavy (non-hydrogen) atoms. The molecular weight excluding hydrogens is 330 g/mol. The minimum absolute atomic E-state index is 0.139. The van der Waals surface area contributed by atoms with Crippen LogP contribution in [0.25, 0.3) is 0 Å². The molecule has 0 unspecified atom stereocenters. The zero-order valence-electron chi connectivity index (χ0n) is 15.7. The molecule has 0 radical (unpaired) electrons. The van der Waals surface area contributed by atoms with Crippen molar-refractivity contribution in [1.29, 1.82) is 0 Å². The van der Waals surface area contributed by atoms with Crippen LogP contribution in [0.5, 0.6) is 0 Å². The summed E-state index contributed by atoms with van der Waals surface area (Å²) < 4.78 is 4.99. The first kappa shape index (κ1) is 19.4. The Balaban J connectivity index is 2.20. The lowest BCUT2D eigenvalue weighted by Crippen LogP contribution is -2.39. The molecule has 0 aliphatic heterocycles. The fraction of sp³-hybridized carbons (Fsp3) is 0.350. The van der Waals surface area contributed by atoms with Gasteiger partial charge >= 0.3 is 12.0 Å². The summed E-state index contributed by atoms with van der Waals surface area (Å²) in [4.78, 5) is 30.4. The number of nitrogens with zero attached hydrogens (tertiary/aromatic N) is 2. The van der Waals surface area contributed by atoms with Gasteiger partial charge in [0.05, 0.1) is 18.8 Å². The topological polar surface area (TPSA) is 71.5 Å². The smallest absolute Gasteiger partial charge is 0.325 e. The molecule has 1 heterocycles. The Bertz CT molecular complexity index is 752. The third kappa shape index (κ3) is 5.31. The van der Waals surface area contributed by atoms with E-state index >= 15 is 0 Å². The first-order valence-corrected chi connectivity index (χ1v) is 8.60. The van der Waals surface area contributed by atoms with Crippen LogP contribution in [0.15, 0.2) is 36.5 Å². The van der Waals surface area contributed by atoms with Crippen molar-refractivity contribution in [3.8, 4) is 0 Å². The number of nitrogens with one attached hydrogen (secondary N) is 1. The fourth-order valence-electron chi connectivity index (χ4n) is 2.81. The van der Waals surface area contributed by atoms with E-state index < -0.39 is 5.97 Å². The molecule has 2 rings (SSSR count). The number of amides is 2. The number of aryl methyl sites for hydroxylation is 3. The molecule has 6 nitrogen and oxygen atoms in total. The summed E-state index contributed by atoms with van der Waals surface area (Å²) in [5.41, 5.74) is 4.55. The van der Waals surface area contributed by atoms with Crippen molar-refractivity contribution in [3.63, 3.8) is 0 Å². The average molecular weight is 355 g/mol. The quantitative estimate of drug-likeness (QED) is 0.804. The van der Waals surface area contributed by atoms with E-state index in [1.165, 1.54) is 4.90 Å². The van der Waals surface area contributed by atoms with Gasteiger partial charge in [-0.05, 0) is 51.0 Å². The number of urea groups is 1. The van der Waals surface area contributed by atoms with Gasteiger partial charge in [-0.25, -0.2) is 4.79 Å². The highest BCUT2D eigenvalue weighted by Gasteiger charge is 2.20. The van der Waals surface area contributed by atoms with Crippen LogP contribution in [0.2, 0.25) is 0 Å². The Labute approximate surface area is 154 Å². The molecule has 0 aliphatic carbocycles. The van der Waals surface area contributed by atoms with Crippen LogP contribution < -0.4 is 5.32 Å². The molecule has 1 aromatic carbocycles. The molecule has 2 amide bonds. The number of esters is 1. The Hall–Kier alpha value is -2.89. The number of anilines is 1. The van der Waals surface area contributed by atoms with Crippen LogP contribution in [-0.4, -0.2) is 35.0 Å². The number of hydrogen-bond donors (Lipinski definition) is 1. The van der Waals surface area contributed by atoms with Crippen LogP contribution in [0.3, 0.4) is 0 Å². The lowest BCUT2D eigenvalue weighted by atomic mass is 10.1. The maximum absolute atomic E-state index is 12.8. The van der Waals surface area contributed by atoms with E-state index in [1.54, 1.807) is 19.2 Å². The van der Waals surface area contributed by atoms with E-state index in [2.05, 4.69) is 10.3 Å². The standard InChI is InChI=1S/C20H25N3O3/c1-5-26-18(24)13-23(12-17-8-6-7-9-21-17)20(25)22-19-15(3)10-14(2)11-16(19)4/h6-11H,5,12-13H2,1-4H3,(H,22,25). The van der Waals surface area contributed by atoms with Crippen LogP contribution in [0.4, 0.5) is 10.5 Å². The molecule has 0 spiro atoms. The van der Waals surface area contributed by atoms with Crippen molar-refractivity contribution in [1.82, 2.24) is 9.88 Å². The summed E-state index contributed by atoms with van der Waals surface area (Å²) in [7, 11) is 0. The Morgan fingerprint density at radius 3 is 2.42 bits per heavy atom. The minimum Gasteiger partial charge on any atom is -0.465 e. The molecule has 2 aromatic rings. The van der Waals surface area contributed by atoms with Crippen molar-refractivity contribution in [2.75, 3.05) is 18.5 Å². The van der Waals surface area contributed by atoms with Gasteiger partial charge in [0.15, 0.2) is 0 Å². The normalized spacial score (nSPS) is 10.3. The summed E-state index contributed by atoms with van der Waals surface area (Å²) in [6.45, 7) is 8.00. The lowest BCUT2D eigenvalue weighted by Gasteiger charge is -2.23. The largest absolute Gasteiger partial charge is 0.465 e. The van der Waals surface area contributed by atoms with E-state index in [9.17, 15) is 9.59 Å². The maximum atomic E-state index is 12.8. The molecule has 138 valence electrons. The minimum atomic E-state index is -0.448. The summed E-state index contributed by atoms with van der Waals surface area (Å²) in [5, 5.41) is 2.92. The highest BCUT2D eigenvalue weighted by atomic mass is 16.5. The number of rotatable bonds is 6. The summed E-state index contributed by atoms with van der Waals surface area (Å²) in [6.07, 6.45) is 1.66. The van der Waals surface area contributed by atoms with Crippen molar-refractivity contribution in [2.24, 2.45) is 0 Å². The third-order valence-electron chi connectivity index (χ3n) is 3.90. The monoisotopic (exact) mass is 355 g/mol. The highest BCUT2D eigenvalue weighted by Crippen LogP contribution is 2.22. The van der Waals surface area contributed by atoms with Crippen molar-refractivity contribution in [3.05, 3.63) is 58.9 Å².